The molecule has 2 atom stereocenters. The van der Waals surface area contributed by atoms with Crippen molar-refractivity contribution in [2.75, 3.05) is 0 Å². The summed E-state index contributed by atoms with van der Waals surface area (Å²) in [4.78, 5) is 12.4. The van der Waals surface area contributed by atoms with Gasteiger partial charge in [0.15, 0.2) is 0 Å². The normalized spacial score (nSPS) is 14.8. The highest BCUT2D eigenvalue weighted by molar-refractivity contribution is 5.83. The zero-order valence-electron chi connectivity index (χ0n) is 15.5. The van der Waals surface area contributed by atoms with Gasteiger partial charge in [0, 0.05) is 18.0 Å². The number of hydrogen-bond donors (Lipinski definition) is 2. The van der Waals surface area contributed by atoms with E-state index < -0.39 is 5.54 Å². The lowest BCUT2D eigenvalue weighted by Crippen LogP contribution is -2.53. The molecule has 0 aromatic heterocycles. The average molecular weight is 313 g/mol. The third kappa shape index (κ3) is 9.58. The number of hydrogen-bond acceptors (Lipinski definition) is 3. The SMILES string of the molecule is CCCCCCCCCCCC(=O)C(C(N)CC)C(C)(C)N. The fourth-order valence-electron chi connectivity index (χ4n) is 3.21. The van der Waals surface area contributed by atoms with Gasteiger partial charge in [-0.05, 0) is 26.7 Å². The van der Waals surface area contributed by atoms with Crippen LogP contribution in [0.4, 0.5) is 0 Å². The Morgan fingerprint density at radius 1 is 0.909 bits per heavy atom. The molecular formula is C19H40N2O. The van der Waals surface area contributed by atoms with Crippen molar-refractivity contribution in [2.24, 2.45) is 17.4 Å². The van der Waals surface area contributed by atoms with Crippen molar-refractivity contribution in [3.05, 3.63) is 0 Å². The average Bonchev–Trinajstić information content (AvgIpc) is 2.44. The third-order valence-electron chi connectivity index (χ3n) is 4.57. The van der Waals surface area contributed by atoms with Crippen molar-refractivity contribution in [1.29, 1.82) is 0 Å². The van der Waals surface area contributed by atoms with Crippen molar-refractivity contribution >= 4 is 5.78 Å². The maximum atomic E-state index is 12.4. The molecule has 0 fully saturated rings. The summed E-state index contributed by atoms with van der Waals surface area (Å²) in [6.45, 7) is 8.11. The number of nitrogens with two attached hydrogens (primary N) is 2. The Balaban J connectivity index is 3.87. The van der Waals surface area contributed by atoms with Crippen LogP contribution in [0.5, 0.6) is 0 Å². The van der Waals surface area contributed by atoms with Crippen LogP contribution in [0.15, 0.2) is 0 Å². The molecule has 0 bridgehead atoms. The molecule has 0 amide bonds. The highest BCUT2D eigenvalue weighted by Gasteiger charge is 2.35. The Bertz CT molecular complexity index is 284. The van der Waals surface area contributed by atoms with Crippen LogP contribution in [0.2, 0.25) is 0 Å². The van der Waals surface area contributed by atoms with Gasteiger partial charge in [0.25, 0.3) is 0 Å². The van der Waals surface area contributed by atoms with Crippen molar-refractivity contribution in [3.8, 4) is 0 Å². The lowest BCUT2D eigenvalue weighted by atomic mass is 9.77. The molecule has 22 heavy (non-hydrogen) atoms. The van der Waals surface area contributed by atoms with Gasteiger partial charge in [0.2, 0.25) is 0 Å². The Kier molecular flexibility index (Phi) is 11.8. The molecule has 3 heteroatoms. The Morgan fingerprint density at radius 3 is 1.77 bits per heavy atom. The van der Waals surface area contributed by atoms with Crippen LogP contribution >= 0.6 is 0 Å². The minimum atomic E-state index is -0.522. The molecular weight excluding hydrogens is 272 g/mol. The first-order valence-electron chi connectivity index (χ1n) is 9.41. The monoisotopic (exact) mass is 312 g/mol. The minimum absolute atomic E-state index is 0.119. The zero-order chi connectivity index (χ0) is 17.0. The van der Waals surface area contributed by atoms with Gasteiger partial charge in [-0.1, -0.05) is 65.2 Å². The first-order valence-corrected chi connectivity index (χ1v) is 9.41. The largest absolute Gasteiger partial charge is 0.327 e. The first-order chi connectivity index (χ1) is 10.3. The van der Waals surface area contributed by atoms with Gasteiger partial charge in [0.05, 0.1) is 5.92 Å². The fraction of sp³-hybridized carbons (Fsp3) is 0.947. The zero-order valence-corrected chi connectivity index (χ0v) is 15.5. The molecule has 4 N–H and O–H groups in total. The topological polar surface area (TPSA) is 69.1 Å². The van der Waals surface area contributed by atoms with E-state index >= 15 is 0 Å². The van der Waals surface area contributed by atoms with E-state index in [-0.39, 0.29) is 17.7 Å². The van der Waals surface area contributed by atoms with Crippen LogP contribution in [-0.4, -0.2) is 17.4 Å². The second kappa shape index (κ2) is 12.1. The quantitative estimate of drug-likeness (QED) is 0.462. The van der Waals surface area contributed by atoms with Gasteiger partial charge >= 0.3 is 0 Å². The lowest BCUT2D eigenvalue weighted by Gasteiger charge is -2.33. The Morgan fingerprint density at radius 2 is 1.36 bits per heavy atom. The highest BCUT2D eigenvalue weighted by atomic mass is 16.1. The van der Waals surface area contributed by atoms with E-state index in [1.807, 2.05) is 20.8 Å². The molecule has 0 heterocycles. The van der Waals surface area contributed by atoms with E-state index in [1.165, 1.54) is 44.9 Å². The number of ketones is 1. The molecule has 0 spiro atoms. The maximum Gasteiger partial charge on any atom is 0.139 e. The summed E-state index contributed by atoms with van der Waals surface area (Å²) in [5.74, 6) is 0.0383. The van der Waals surface area contributed by atoms with E-state index in [1.54, 1.807) is 0 Å². The molecule has 0 aliphatic rings. The molecule has 0 aliphatic heterocycles. The summed E-state index contributed by atoms with van der Waals surface area (Å²) in [5.41, 5.74) is 11.8. The number of carbonyl (C=O) groups is 1. The van der Waals surface area contributed by atoms with E-state index in [0.29, 0.717) is 6.42 Å². The van der Waals surface area contributed by atoms with Crippen LogP contribution in [0.3, 0.4) is 0 Å². The van der Waals surface area contributed by atoms with Gasteiger partial charge in [-0.2, -0.15) is 0 Å². The minimum Gasteiger partial charge on any atom is -0.327 e. The molecule has 2 unspecified atom stereocenters. The predicted octanol–water partition coefficient (Wildman–Crippen LogP) is 4.57. The number of carbonyl (C=O) groups excluding carboxylic acids is 1. The molecule has 0 saturated carbocycles. The molecule has 0 aliphatic carbocycles. The van der Waals surface area contributed by atoms with Gasteiger partial charge in [-0.15, -0.1) is 0 Å². The van der Waals surface area contributed by atoms with Crippen LogP contribution in [-0.2, 0) is 4.79 Å². The Hall–Kier alpha value is -0.410. The third-order valence-corrected chi connectivity index (χ3v) is 4.57. The van der Waals surface area contributed by atoms with Crippen molar-refractivity contribution in [1.82, 2.24) is 0 Å². The fourth-order valence-corrected chi connectivity index (χ4v) is 3.21. The van der Waals surface area contributed by atoms with Gasteiger partial charge in [0.1, 0.15) is 5.78 Å². The summed E-state index contributed by atoms with van der Waals surface area (Å²) in [5, 5.41) is 0. The maximum absolute atomic E-state index is 12.4. The second-order valence-corrected chi connectivity index (χ2v) is 7.42. The molecule has 132 valence electrons. The lowest BCUT2D eigenvalue weighted by molar-refractivity contribution is -0.125. The van der Waals surface area contributed by atoms with Crippen LogP contribution in [0.1, 0.15) is 98.3 Å². The summed E-state index contributed by atoms with van der Waals surface area (Å²) in [6.07, 6.45) is 12.9. The summed E-state index contributed by atoms with van der Waals surface area (Å²) in [6, 6.07) is -0.119. The predicted molar refractivity (Wildman–Crippen MR) is 96.9 cm³/mol. The number of Topliss-reactive ketones (excluding diaryl/α,β-unsaturated/α-hetero) is 1. The molecule has 0 radical (unpaired) electrons. The van der Waals surface area contributed by atoms with Crippen molar-refractivity contribution in [3.63, 3.8) is 0 Å². The van der Waals surface area contributed by atoms with Crippen molar-refractivity contribution < 1.29 is 4.79 Å². The Labute approximate surface area is 138 Å². The number of rotatable bonds is 14. The summed E-state index contributed by atoms with van der Waals surface area (Å²) >= 11 is 0. The van der Waals surface area contributed by atoms with Gasteiger partial charge in [-0.3, -0.25) is 4.79 Å². The summed E-state index contributed by atoms with van der Waals surface area (Å²) in [7, 11) is 0. The van der Waals surface area contributed by atoms with Crippen LogP contribution in [0, 0.1) is 5.92 Å². The highest BCUT2D eigenvalue weighted by Crippen LogP contribution is 2.22. The smallest absolute Gasteiger partial charge is 0.139 e. The van der Waals surface area contributed by atoms with Gasteiger partial charge < -0.3 is 11.5 Å². The van der Waals surface area contributed by atoms with Gasteiger partial charge in [-0.25, -0.2) is 0 Å². The molecule has 0 aromatic carbocycles. The molecule has 0 rings (SSSR count). The van der Waals surface area contributed by atoms with Crippen LogP contribution in [0.25, 0.3) is 0 Å². The van der Waals surface area contributed by atoms with Crippen molar-refractivity contribution in [2.45, 2.75) is 110 Å². The second-order valence-electron chi connectivity index (χ2n) is 7.42. The van der Waals surface area contributed by atoms with E-state index in [9.17, 15) is 4.79 Å². The molecule has 0 saturated heterocycles. The summed E-state index contributed by atoms with van der Waals surface area (Å²) < 4.78 is 0. The number of unbranched alkanes of at least 4 members (excludes halogenated alkanes) is 8. The van der Waals surface area contributed by atoms with Crippen LogP contribution < -0.4 is 11.5 Å². The molecule has 0 aromatic rings. The van der Waals surface area contributed by atoms with E-state index in [4.69, 9.17) is 11.5 Å². The first kappa shape index (κ1) is 21.6. The van der Waals surface area contributed by atoms with E-state index in [0.717, 1.165) is 19.3 Å². The standard InChI is InChI=1S/C19H40N2O/c1-5-7-8-9-10-11-12-13-14-15-17(22)18(16(20)6-2)19(3,4)21/h16,18H,5-15,20-21H2,1-4H3. The van der Waals surface area contributed by atoms with E-state index in [2.05, 4.69) is 6.92 Å². The molecule has 3 nitrogen and oxygen atoms in total.